The molecule has 0 aliphatic carbocycles. The molecule has 0 saturated carbocycles. The molecule has 0 aromatic heterocycles. The molecule has 0 radical (unpaired) electrons. The normalized spacial score (nSPS) is 13.5. The minimum atomic E-state index is -1.37. The topological polar surface area (TPSA) is 130 Å². The highest BCUT2D eigenvalue weighted by atomic mass is 16.6. The standard InChI is InChI=1S/C14H18N2O6/c1-8(2)14(3,20)7-15-12(17)9-4-10(13(18)19)6-11(5-9)16(21)22/h4-6,8,20H,7H2,1-3H3,(H,15,17)(H,18,19). The number of nitro groups is 1. The van der Waals surface area contributed by atoms with E-state index in [0.717, 1.165) is 18.2 Å². The number of carboxylic acids is 1. The third kappa shape index (κ3) is 4.26. The van der Waals surface area contributed by atoms with Crippen LogP contribution in [0.2, 0.25) is 0 Å². The van der Waals surface area contributed by atoms with Gasteiger partial charge in [0.05, 0.1) is 16.1 Å². The van der Waals surface area contributed by atoms with Gasteiger partial charge in [-0.15, -0.1) is 0 Å². The molecule has 0 aliphatic heterocycles. The summed E-state index contributed by atoms with van der Waals surface area (Å²) in [4.78, 5) is 33.0. The molecule has 8 nitrogen and oxygen atoms in total. The molecule has 1 amide bonds. The Labute approximate surface area is 126 Å². The summed E-state index contributed by atoms with van der Waals surface area (Å²) in [6.07, 6.45) is 0. The van der Waals surface area contributed by atoms with Crippen molar-refractivity contribution in [1.29, 1.82) is 0 Å². The second-order valence-corrected chi connectivity index (χ2v) is 5.53. The number of carbonyl (C=O) groups is 2. The van der Waals surface area contributed by atoms with Crippen LogP contribution in [0.1, 0.15) is 41.5 Å². The molecule has 3 N–H and O–H groups in total. The van der Waals surface area contributed by atoms with Gasteiger partial charge in [-0.05, 0) is 18.9 Å². The number of nitrogens with one attached hydrogen (secondary N) is 1. The minimum Gasteiger partial charge on any atom is -0.478 e. The molecular formula is C14H18N2O6. The van der Waals surface area contributed by atoms with Gasteiger partial charge < -0.3 is 15.5 Å². The molecule has 0 aliphatic rings. The molecule has 120 valence electrons. The van der Waals surface area contributed by atoms with Gasteiger partial charge in [0.2, 0.25) is 0 Å². The fraction of sp³-hybridized carbons (Fsp3) is 0.429. The maximum absolute atomic E-state index is 12.0. The number of nitro benzene ring substituents is 1. The first kappa shape index (κ1) is 17.6. The Kier molecular flexibility index (Phi) is 5.21. The zero-order chi connectivity index (χ0) is 17.1. The Morgan fingerprint density at radius 2 is 1.86 bits per heavy atom. The highest BCUT2D eigenvalue weighted by Crippen LogP contribution is 2.18. The zero-order valence-corrected chi connectivity index (χ0v) is 12.5. The van der Waals surface area contributed by atoms with E-state index in [2.05, 4.69) is 5.32 Å². The smallest absolute Gasteiger partial charge is 0.335 e. The number of carboxylic acid groups (broad SMARTS) is 1. The van der Waals surface area contributed by atoms with Gasteiger partial charge in [0.15, 0.2) is 0 Å². The van der Waals surface area contributed by atoms with E-state index in [1.54, 1.807) is 20.8 Å². The minimum absolute atomic E-state index is 0.0609. The number of aromatic carboxylic acids is 1. The Bertz CT molecular complexity index is 577. The predicted molar refractivity (Wildman–Crippen MR) is 77.9 cm³/mol. The van der Waals surface area contributed by atoms with Crippen LogP contribution in [0, 0.1) is 16.0 Å². The highest BCUT2D eigenvalue weighted by molar-refractivity contribution is 5.98. The first-order valence-corrected chi connectivity index (χ1v) is 6.58. The lowest BCUT2D eigenvalue weighted by molar-refractivity contribution is -0.384. The zero-order valence-electron chi connectivity index (χ0n) is 12.5. The van der Waals surface area contributed by atoms with Crippen LogP contribution in [0.4, 0.5) is 5.69 Å². The van der Waals surface area contributed by atoms with Gasteiger partial charge in [-0.3, -0.25) is 14.9 Å². The lowest BCUT2D eigenvalue weighted by Crippen LogP contribution is -2.44. The molecule has 22 heavy (non-hydrogen) atoms. The van der Waals surface area contributed by atoms with Crippen LogP contribution in [-0.4, -0.2) is 39.2 Å². The van der Waals surface area contributed by atoms with Crippen LogP contribution >= 0.6 is 0 Å². The van der Waals surface area contributed by atoms with Gasteiger partial charge >= 0.3 is 5.97 Å². The van der Waals surface area contributed by atoms with Gasteiger partial charge in [0, 0.05) is 24.2 Å². The van der Waals surface area contributed by atoms with Gasteiger partial charge in [-0.1, -0.05) is 13.8 Å². The van der Waals surface area contributed by atoms with Crippen molar-refractivity contribution in [2.75, 3.05) is 6.54 Å². The molecule has 0 bridgehead atoms. The number of nitrogens with zero attached hydrogens (tertiary/aromatic N) is 1. The SMILES string of the molecule is CC(C)C(C)(O)CNC(=O)c1cc(C(=O)O)cc([N+](=O)[O-])c1. The summed E-state index contributed by atoms with van der Waals surface area (Å²) in [6, 6.07) is 2.92. The van der Waals surface area contributed by atoms with Crippen molar-refractivity contribution in [1.82, 2.24) is 5.32 Å². The second kappa shape index (κ2) is 6.52. The summed E-state index contributed by atoms with van der Waals surface area (Å²) in [6.45, 7) is 5.05. The monoisotopic (exact) mass is 310 g/mol. The van der Waals surface area contributed by atoms with Crippen molar-refractivity contribution in [2.24, 2.45) is 5.92 Å². The molecule has 1 unspecified atom stereocenters. The fourth-order valence-electron chi connectivity index (χ4n) is 1.54. The third-order valence-electron chi connectivity index (χ3n) is 3.49. The lowest BCUT2D eigenvalue weighted by Gasteiger charge is -2.27. The summed E-state index contributed by atoms with van der Waals surface area (Å²) in [5.41, 5.74) is -2.13. The van der Waals surface area contributed by atoms with Crippen LogP contribution < -0.4 is 5.32 Å². The predicted octanol–water partition coefficient (Wildman–Crippen LogP) is 1.43. The molecule has 1 aromatic carbocycles. The molecule has 0 fully saturated rings. The maximum atomic E-state index is 12.0. The third-order valence-corrected chi connectivity index (χ3v) is 3.49. The Hall–Kier alpha value is -2.48. The average molecular weight is 310 g/mol. The van der Waals surface area contributed by atoms with E-state index in [4.69, 9.17) is 5.11 Å². The average Bonchev–Trinajstić information content (AvgIpc) is 2.43. The highest BCUT2D eigenvalue weighted by Gasteiger charge is 2.26. The van der Waals surface area contributed by atoms with Crippen LogP contribution in [0.15, 0.2) is 18.2 Å². The van der Waals surface area contributed by atoms with Crippen molar-refractivity contribution in [2.45, 2.75) is 26.4 Å². The number of hydrogen-bond donors (Lipinski definition) is 3. The Morgan fingerprint density at radius 3 is 2.32 bits per heavy atom. The Balaban J connectivity index is 3.03. The van der Waals surface area contributed by atoms with Crippen LogP contribution in [-0.2, 0) is 0 Å². The largest absolute Gasteiger partial charge is 0.478 e. The number of carbonyl (C=O) groups excluding carboxylic acids is 1. The number of non-ortho nitro benzene ring substituents is 1. The van der Waals surface area contributed by atoms with E-state index in [1.165, 1.54) is 0 Å². The van der Waals surface area contributed by atoms with Crippen LogP contribution in [0.5, 0.6) is 0 Å². The van der Waals surface area contributed by atoms with Gasteiger partial charge in [0.25, 0.3) is 11.6 Å². The van der Waals surface area contributed by atoms with Crippen LogP contribution in [0.3, 0.4) is 0 Å². The first-order chi connectivity index (χ1) is 10.0. The van der Waals surface area contributed by atoms with E-state index < -0.39 is 28.1 Å². The lowest BCUT2D eigenvalue weighted by atomic mass is 9.92. The van der Waals surface area contributed by atoms with Gasteiger partial charge in [-0.25, -0.2) is 4.79 Å². The number of rotatable bonds is 6. The molecule has 0 saturated heterocycles. The summed E-state index contributed by atoms with van der Waals surface area (Å²) in [7, 11) is 0. The first-order valence-electron chi connectivity index (χ1n) is 6.58. The van der Waals surface area contributed by atoms with Gasteiger partial charge in [-0.2, -0.15) is 0 Å². The number of aliphatic hydroxyl groups is 1. The summed E-state index contributed by atoms with van der Waals surface area (Å²) >= 11 is 0. The van der Waals surface area contributed by atoms with Gasteiger partial charge in [0.1, 0.15) is 0 Å². The molecule has 1 atom stereocenters. The molecule has 0 spiro atoms. The van der Waals surface area contributed by atoms with E-state index in [1.807, 2.05) is 0 Å². The van der Waals surface area contributed by atoms with Crippen LogP contribution in [0.25, 0.3) is 0 Å². The van der Waals surface area contributed by atoms with Crippen molar-refractivity contribution in [3.05, 3.63) is 39.4 Å². The van der Waals surface area contributed by atoms with Crippen molar-refractivity contribution in [3.8, 4) is 0 Å². The molecule has 1 aromatic rings. The number of benzene rings is 1. The fourth-order valence-corrected chi connectivity index (χ4v) is 1.54. The van der Waals surface area contributed by atoms with E-state index in [9.17, 15) is 24.8 Å². The maximum Gasteiger partial charge on any atom is 0.335 e. The molecular weight excluding hydrogens is 292 g/mol. The Morgan fingerprint density at radius 1 is 1.32 bits per heavy atom. The summed E-state index contributed by atoms with van der Waals surface area (Å²) in [5, 5.41) is 32.2. The summed E-state index contributed by atoms with van der Waals surface area (Å²) < 4.78 is 0. The molecule has 8 heteroatoms. The quantitative estimate of drug-likeness (QED) is 0.538. The molecule has 0 heterocycles. The van der Waals surface area contributed by atoms with Crippen molar-refractivity contribution < 1.29 is 24.7 Å². The van der Waals surface area contributed by atoms with E-state index in [0.29, 0.717) is 0 Å². The number of amides is 1. The van der Waals surface area contributed by atoms with E-state index in [-0.39, 0.29) is 23.6 Å². The molecule has 1 rings (SSSR count). The van der Waals surface area contributed by atoms with Crippen molar-refractivity contribution in [3.63, 3.8) is 0 Å². The number of hydrogen-bond acceptors (Lipinski definition) is 5. The second-order valence-electron chi connectivity index (χ2n) is 5.53. The van der Waals surface area contributed by atoms with Crippen molar-refractivity contribution >= 4 is 17.6 Å². The van der Waals surface area contributed by atoms with E-state index >= 15 is 0 Å². The summed E-state index contributed by atoms with van der Waals surface area (Å²) in [5.74, 6) is -2.17.